The molecule has 8 nitrogen and oxygen atoms in total. The summed E-state index contributed by atoms with van der Waals surface area (Å²) in [7, 11) is 6.79. The van der Waals surface area contributed by atoms with Crippen molar-refractivity contribution in [2.75, 3.05) is 51.6 Å². The molecule has 2 amide bonds. The summed E-state index contributed by atoms with van der Waals surface area (Å²) in [5.74, 6) is -0.848. The predicted molar refractivity (Wildman–Crippen MR) is 110 cm³/mol. The van der Waals surface area contributed by atoms with Crippen molar-refractivity contribution >= 4 is 29.2 Å². The van der Waals surface area contributed by atoms with Crippen LogP contribution in [0.1, 0.15) is 10.4 Å². The smallest absolute Gasteiger partial charge is 0.338 e. The van der Waals surface area contributed by atoms with Crippen LogP contribution in [-0.4, -0.2) is 64.1 Å². The Labute approximate surface area is 170 Å². The van der Waals surface area contributed by atoms with Gasteiger partial charge in [0.15, 0.2) is 6.61 Å². The summed E-state index contributed by atoms with van der Waals surface area (Å²) in [5, 5.41) is 2.68. The van der Waals surface area contributed by atoms with E-state index in [0.717, 1.165) is 5.69 Å². The number of rotatable bonds is 8. The summed E-state index contributed by atoms with van der Waals surface area (Å²) < 4.78 is 10.1. The number of anilines is 2. The van der Waals surface area contributed by atoms with Crippen LogP contribution >= 0.6 is 0 Å². The van der Waals surface area contributed by atoms with Crippen LogP contribution in [0.5, 0.6) is 5.75 Å². The van der Waals surface area contributed by atoms with E-state index in [1.807, 2.05) is 19.0 Å². The molecule has 0 fully saturated rings. The largest absolute Gasteiger partial charge is 0.497 e. The van der Waals surface area contributed by atoms with Gasteiger partial charge in [-0.15, -0.1) is 0 Å². The molecule has 1 N–H and O–H groups in total. The topological polar surface area (TPSA) is 88.2 Å². The van der Waals surface area contributed by atoms with Crippen LogP contribution in [0.25, 0.3) is 0 Å². The number of nitrogens with zero attached hydrogens (tertiary/aromatic N) is 2. The molecule has 0 radical (unpaired) electrons. The van der Waals surface area contributed by atoms with E-state index >= 15 is 0 Å². The van der Waals surface area contributed by atoms with Crippen molar-refractivity contribution in [2.24, 2.45) is 0 Å². The number of carbonyl (C=O) groups excluding carboxylic acids is 3. The Hall–Kier alpha value is -3.55. The van der Waals surface area contributed by atoms with Crippen LogP contribution in [0, 0.1) is 0 Å². The number of hydrogen-bond acceptors (Lipinski definition) is 6. The fourth-order valence-corrected chi connectivity index (χ4v) is 2.42. The predicted octanol–water partition coefficient (Wildman–Crippen LogP) is 2.02. The molecule has 2 aromatic carbocycles. The van der Waals surface area contributed by atoms with Crippen molar-refractivity contribution in [3.8, 4) is 5.75 Å². The molecule has 0 saturated heterocycles. The molecule has 2 aromatic rings. The minimum Gasteiger partial charge on any atom is -0.497 e. The van der Waals surface area contributed by atoms with Gasteiger partial charge in [-0.2, -0.15) is 0 Å². The van der Waals surface area contributed by atoms with Crippen molar-refractivity contribution in [2.45, 2.75) is 0 Å². The first-order valence-corrected chi connectivity index (χ1v) is 8.92. The van der Waals surface area contributed by atoms with E-state index in [1.165, 1.54) is 19.1 Å². The maximum absolute atomic E-state index is 12.2. The number of likely N-dealkylation sites (N-methyl/N-ethyl adjacent to an activating group) is 1. The first-order chi connectivity index (χ1) is 13.8. The van der Waals surface area contributed by atoms with Crippen molar-refractivity contribution in [1.29, 1.82) is 0 Å². The second-order valence-corrected chi connectivity index (χ2v) is 6.55. The van der Waals surface area contributed by atoms with Crippen LogP contribution in [0.2, 0.25) is 0 Å². The van der Waals surface area contributed by atoms with E-state index in [4.69, 9.17) is 9.47 Å². The number of nitrogens with one attached hydrogen (secondary N) is 1. The summed E-state index contributed by atoms with van der Waals surface area (Å²) in [6.07, 6.45) is 0. The number of carbonyl (C=O) groups is 3. The van der Waals surface area contributed by atoms with E-state index in [0.29, 0.717) is 17.0 Å². The molecular formula is C21H25N3O5. The fourth-order valence-electron chi connectivity index (χ4n) is 2.42. The van der Waals surface area contributed by atoms with E-state index < -0.39 is 18.5 Å². The first kappa shape index (κ1) is 21.7. The minimum atomic E-state index is -0.599. The number of methoxy groups -OCH3 is 1. The van der Waals surface area contributed by atoms with Crippen LogP contribution in [-0.2, 0) is 14.3 Å². The Balaban J connectivity index is 1.81. The highest BCUT2D eigenvalue weighted by Crippen LogP contribution is 2.16. The third-order valence-corrected chi connectivity index (χ3v) is 4.11. The van der Waals surface area contributed by atoms with Gasteiger partial charge >= 0.3 is 5.97 Å². The van der Waals surface area contributed by atoms with Gasteiger partial charge in [0.05, 0.1) is 19.2 Å². The molecule has 0 aromatic heterocycles. The zero-order valence-electron chi connectivity index (χ0n) is 17.0. The highest BCUT2D eigenvalue weighted by atomic mass is 16.5. The van der Waals surface area contributed by atoms with Gasteiger partial charge in [0.2, 0.25) is 5.91 Å². The lowest BCUT2D eigenvalue weighted by molar-refractivity contribution is -0.136. The molecule has 0 heterocycles. The fraction of sp³-hybridized carbons (Fsp3) is 0.286. The molecule has 0 atom stereocenters. The van der Waals surface area contributed by atoms with Gasteiger partial charge in [0.25, 0.3) is 5.91 Å². The van der Waals surface area contributed by atoms with Crippen LogP contribution in [0.3, 0.4) is 0 Å². The highest BCUT2D eigenvalue weighted by molar-refractivity contribution is 5.95. The monoisotopic (exact) mass is 399 g/mol. The van der Waals surface area contributed by atoms with Crippen molar-refractivity contribution in [3.05, 3.63) is 54.1 Å². The molecule has 0 spiro atoms. The van der Waals surface area contributed by atoms with Gasteiger partial charge in [0, 0.05) is 38.6 Å². The third kappa shape index (κ3) is 6.53. The van der Waals surface area contributed by atoms with Gasteiger partial charge in [-0.25, -0.2) is 4.79 Å². The molecular weight excluding hydrogens is 374 g/mol. The highest BCUT2D eigenvalue weighted by Gasteiger charge is 2.16. The summed E-state index contributed by atoms with van der Waals surface area (Å²) in [4.78, 5) is 39.4. The van der Waals surface area contributed by atoms with E-state index in [2.05, 4.69) is 5.32 Å². The summed E-state index contributed by atoms with van der Waals surface area (Å²) in [5.41, 5.74) is 1.85. The normalized spacial score (nSPS) is 10.1. The second-order valence-electron chi connectivity index (χ2n) is 6.55. The van der Waals surface area contributed by atoms with Gasteiger partial charge in [0.1, 0.15) is 5.75 Å². The molecule has 0 unspecified atom stereocenters. The SMILES string of the molecule is COc1cccc(NC(=O)CN(C)C(=O)COC(=O)c2ccc(N(C)C)cc2)c1. The van der Waals surface area contributed by atoms with Gasteiger partial charge in [-0.3, -0.25) is 9.59 Å². The Kier molecular flexibility index (Phi) is 7.59. The average Bonchev–Trinajstić information content (AvgIpc) is 2.71. The minimum absolute atomic E-state index is 0.175. The molecule has 8 heteroatoms. The van der Waals surface area contributed by atoms with Crippen molar-refractivity contribution in [1.82, 2.24) is 4.90 Å². The summed E-state index contributed by atoms with van der Waals surface area (Å²) >= 11 is 0. The lowest BCUT2D eigenvalue weighted by atomic mass is 10.2. The maximum Gasteiger partial charge on any atom is 0.338 e. The molecule has 2 rings (SSSR count). The second kappa shape index (κ2) is 10.1. The Morgan fingerprint density at radius 3 is 2.31 bits per heavy atom. The molecule has 29 heavy (non-hydrogen) atoms. The van der Waals surface area contributed by atoms with E-state index in [1.54, 1.807) is 48.5 Å². The molecule has 0 aliphatic heterocycles. The number of esters is 1. The Morgan fingerprint density at radius 2 is 1.69 bits per heavy atom. The van der Waals surface area contributed by atoms with E-state index in [-0.39, 0.29) is 12.5 Å². The van der Waals surface area contributed by atoms with Crippen LogP contribution in [0.15, 0.2) is 48.5 Å². The van der Waals surface area contributed by atoms with Crippen LogP contribution in [0.4, 0.5) is 11.4 Å². The maximum atomic E-state index is 12.2. The molecule has 0 saturated carbocycles. The summed E-state index contributed by atoms with van der Waals surface area (Å²) in [6, 6.07) is 13.7. The molecule has 0 bridgehead atoms. The average molecular weight is 399 g/mol. The number of amides is 2. The van der Waals surface area contributed by atoms with Gasteiger partial charge in [-0.05, 0) is 36.4 Å². The third-order valence-electron chi connectivity index (χ3n) is 4.11. The lowest BCUT2D eigenvalue weighted by Crippen LogP contribution is -2.37. The molecule has 154 valence electrons. The van der Waals surface area contributed by atoms with Crippen LogP contribution < -0.4 is 15.0 Å². The first-order valence-electron chi connectivity index (χ1n) is 8.92. The van der Waals surface area contributed by atoms with Crippen molar-refractivity contribution < 1.29 is 23.9 Å². The Morgan fingerprint density at radius 1 is 1.00 bits per heavy atom. The quantitative estimate of drug-likeness (QED) is 0.684. The zero-order valence-corrected chi connectivity index (χ0v) is 17.0. The van der Waals surface area contributed by atoms with E-state index in [9.17, 15) is 14.4 Å². The molecule has 0 aliphatic rings. The molecule has 0 aliphatic carbocycles. The van der Waals surface area contributed by atoms with Gasteiger partial charge in [-0.1, -0.05) is 6.07 Å². The Bertz CT molecular complexity index is 865. The standard InChI is InChI=1S/C21H25N3O5/c1-23(2)17-10-8-15(9-11-17)21(27)29-14-20(26)24(3)13-19(25)22-16-6-5-7-18(12-16)28-4/h5-12H,13-14H2,1-4H3,(H,22,25). The van der Waals surface area contributed by atoms with Gasteiger partial charge < -0.3 is 24.6 Å². The number of benzene rings is 2. The number of ether oxygens (including phenoxy) is 2. The summed E-state index contributed by atoms with van der Waals surface area (Å²) in [6.45, 7) is -0.623. The zero-order chi connectivity index (χ0) is 21.4. The van der Waals surface area contributed by atoms with Crippen molar-refractivity contribution in [3.63, 3.8) is 0 Å². The lowest BCUT2D eigenvalue weighted by Gasteiger charge is -2.17. The number of hydrogen-bond donors (Lipinski definition) is 1.